The van der Waals surface area contributed by atoms with Crippen molar-refractivity contribution in [2.75, 3.05) is 13.2 Å². The number of hydrogen-bond donors (Lipinski definition) is 1. The molecule has 1 fully saturated rings. The molecule has 1 aliphatic carbocycles. The Morgan fingerprint density at radius 2 is 2.31 bits per heavy atom. The van der Waals surface area contributed by atoms with E-state index in [-0.39, 0.29) is 0 Å². The van der Waals surface area contributed by atoms with E-state index in [9.17, 15) is 0 Å². The van der Waals surface area contributed by atoms with Crippen molar-refractivity contribution in [2.24, 2.45) is 5.92 Å². The Morgan fingerprint density at radius 1 is 1.44 bits per heavy atom. The van der Waals surface area contributed by atoms with Crippen LogP contribution in [0.15, 0.2) is 12.4 Å². The second-order valence-electron chi connectivity index (χ2n) is 4.21. The van der Waals surface area contributed by atoms with E-state index in [1.807, 2.05) is 0 Å². The topological polar surface area (TPSA) is 47.0 Å². The first-order valence-corrected chi connectivity index (χ1v) is 6.03. The lowest BCUT2D eigenvalue weighted by Crippen LogP contribution is -2.13. The van der Waals surface area contributed by atoms with Crippen molar-refractivity contribution in [1.82, 2.24) is 15.3 Å². The maximum Gasteiger partial charge on any atom is 0.232 e. The summed E-state index contributed by atoms with van der Waals surface area (Å²) in [4.78, 5) is 8.50. The van der Waals surface area contributed by atoms with Crippen LogP contribution in [0.4, 0.5) is 0 Å². The fourth-order valence-corrected chi connectivity index (χ4v) is 1.53. The molecule has 0 spiro atoms. The highest BCUT2D eigenvalue weighted by Gasteiger charge is 2.20. The van der Waals surface area contributed by atoms with Gasteiger partial charge < -0.3 is 10.1 Å². The van der Waals surface area contributed by atoms with Gasteiger partial charge in [0.2, 0.25) is 5.88 Å². The quantitative estimate of drug-likeness (QED) is 0.762. The molecule has 0 aromatic carbocycles. The second-order valence-corrected chi connectivity index (χ2v) is 4.21. The van der Waals surface area contributed by atoms with Crippen molar-refractivity contribution in [2.45, 2.75) is 32.7 Å². The van der Waals surface area contributed by atoms with Gasteiger partial charge in [-0.1, -0.05) is 19.8 Å². The Balaban J connectivity index is 1.77. The third-order valence-corrected chi connectivity index (χ3v) is 2.69. The van der Waals surface area contributed by atoms with Gasteiger partial charge in [-0.15, -0.1) is 0 Å². The summed E-state index contributed by atoms with van der Waals surface area (Å²) in [5.74, 6) is 1.55. The van der Waals surface area contributed by atoms with Crippen LogP contribution in [0.5, 0.6) is 5.88 Å². The Hall–Kier alpha value is -1.16. The first-order valence-electron chi connectivity index (χ1n) is 6.03. The average molecular weight is 221 g/mol. The van der Waals surface area contributed by atoms with Gasteiger partial charge in [-0.3, -0.25) is 4.98 Å². The molecule has 1 aliphatic rings. The summed E-state index contributed by atoms with van der Waals surface area (Å²) in [7, 11) is 0. The Labute approximate surface area is 96.4 Å². The van der Waals surface area contributed by atoms with Crippen molar-refractivity contribution < 1.29 is 4.74 Å². The fraction of sp³-hybridized carbons (Fsp3) is 0.667. The van der Waals surface area contributed by atoms with Crippen LogP contribution < -0.4 is 10.1 Å². The van der Waals surface area contributed by atoms with Crippen LogP contribution in [0.2, 0.25) is 0 Å². The number of rotatable bonds is 7. The van der Waals surface area contributed by atoms with Crippen LogP contribution in [0, 0.1) is 5.92 Å². The highest BCUT2D eigenvalue weighted by atomic mass is 16.5. The molecule has 0 bridgehead atoms. The molecule has 1 aromatic heterocycles. The predicted molar refractivity (Wildman–Crippen MR) is 62.2 cm³/mol. The average Bonchev–Trinajstić information content (AvgIpc) is 3.11. The van der Waals surface area contributed by atoms with E-state index in [1.165, 1.54) is 12.8 Å². The van der Waals surface area contributed by atoms with Gasteiger partial charge in [0.15, 0.2) is 0 Å². The minimum Gasteiger partial charge on any atom is -0.477 e. The van der Waals surface area contributed by atoms with E-state index < -0.39 is 0 Å². The molecule has 16 heavy (non-hydrogen) atoms. The van der Waals surface area contributed by atoms with Crippen molar-refractivity contribution in [3.8, 4) is 5.88 Å². The SMILES string of the molecule is CCNCc1cncc(OCCC2CC2)n1. The van der Waals surface area contributed by atoms with E-state index >= 15 is 0 Å². The van der Waals surface area contributed by atoms with E-state index in [2.05, 4.69) is 22.2 Å². The van der Waals surface area contributed by atoms with Gasteiger partial charge in [-0.05, 0) is 18.9 Å². The largest absolute Gasteiger partial charge is 0.477 e. The summed E-state index contributed by atoms with van der Waals surface area (Å²) in [5.41, 5.74) is 0.936. The maximum absolute atomic E-state index is 5.58. The molecular formula is C12H19N3O. The third kappa shape index (κ3) is 3.77. The van der Waals surface area contributed by atoms with Gasteiger partial charge >= 0.3 is 0 Å². The van der Waals surface area contributed by atoms with Crippen molar-refractivity contribution in [3.05, 3.63) is 18.1 Å². The molecule has 1 N–H and O–H groups in total. The zero-order valence-corrected chi connectivity index (χ0v) is 9.78. The predicted octanol–water partition coefficient (Wildman–Crippen LogP) is 1.76. The molecule has 1 saturated carbocycles. The number of nitrogens with one attached hydrogen (secondary N) is 1. The molecule has 1 aromatic rings. The monoisotopic (exact) mass is 221 g/mol. The van der Waals surface area contributed by atoms with Crippen LogP contribution in [0.25, 0.3) is 0 Å². The van der Waals surface area contributed by atoms with Gasteiger partial charge in [0.1, 0.15) is 0 Å². The van der Waals surface area contributed by atoms with Crippen LogP contribution >= 0.6 is 0 Å². The van der Waals surface area contributed by atoms with Gasteiger partial charge in [0, 0.05) is 12.7 Å². The molecule has 88 valence electrons. The lowest BCUT2D eigenvalue weighted by atomic mass is 10.3. The number of ether oxygens (including phenoxy) is 1. The Morgan fingerprint density at radius 3 is 3.06 bits per heavy atom. The summed E-state index contributed by atoms with van der Waals surface area (Å²) in [6, 6.07) is 0. The first-order chi connectivity index (χ1) is 7.88. The summed E-state index contributed by atoms with van der Waals surface area (Å²) >= 11 is 0. The Kier molecular flexibility index (Phi) is 4.10. The second kappa shape index (κ2) is 5.80. The highest BCUT2D eigenvalue weighted by Crippen LogP contribution is 2.32. The van der Waals surface area contributed by atoms with Gasteiger partial charge in [0.05, 0.1) is 18.5 Å². The molecule has 4 heteroatoms. The molecule has 1 heterocycles. The molecule has 0 atom stereocenters. The summed E-state index contributed by atoms with van der Waals surface area (Å²) in [5, 5.41) is 3.22. The lowest BCUT2D eigenvalue weighted by molar-refractivity contribution is 0.289. The lowest BCUT2D eigenvalue weighted by Gasteiger charge is -2.06. The van der Waals surface area contributed by atoms with E-state index in [1.54, 1.807) is 12.4 Å². The number of nitrogens with zero attached hydrogens (tertiary/aromatic N) is 2. The zero-order valence-electron chi connectivity index (χ0n) is 9.78. The third-order valence-electron chi connectivity index (χ3n) is 2.69. The van der Waals surface area contributed by atoms with E-state index in [4.69, 9.17) is 4.74 Å². The smallest absolute Gasteiger partial charge is 0.232 e. The first kappa shape index (κ1) is 11.3. The normalized spacial score (nSPS) is 15.1. The van der Waals surface area contributed by atoms with E-state index in [0.717, 1.165) is 37.7 Å². The molecule has 0 aliphatic heterocycles. The summed E-state index contributed by atoms with van der Waals surface area (Å²) in [6.45, 7) is 4.53. The Bertz CT molecular complexity index is 326. The number of hydrogen-bond acceptors (Lipinski definition) is 4. The summed E-state index contributed by atoms with van der Waals surface area (Å²) in [6.07, 6.45) is 7.35. The standard InChI is InChI=1S/C12H19N3O/c1-2-13-7-11-8-14-9-12(15-11)16-6-5-10-3-4-10/h8-10,13H,2-7H2,1H3. The minimum absolute atomic E-state index is 0.649. The zero-order chi connectivity index (χ0) is 11.2. The molecule has 0 unspecified atom stereocenters. The van der Waals surface area contributed by atoms with Crippen LogP contribution in [-0.4, -0.2) is 23.1 Å². The van der Waals surface area contributed by atoms with Crippen molar-refractivity contribution in [1.29, 1.82) is 0 Å². The molecule has 0 radical (unpaired) electrons. The fourth-order valence-electron chi connectivity index (χ4n) is 1.53. The van der Waals surface area contributed by atoms with Gasteiger partial charge in [-0.25, -0.2) is 4.98 Å². The van der Waals surface area contributed by atoms with Gasteiger partial charge in [0.25, 0.3) is 0 Å². The molecule has 4 nitrogen and oxygen atoms in total. The number of aromatic nitrogens is 2. The van der Waals surface area contributed by atoms with E-state index in [0.29, 0.717) is 5.88 Å². The van der Waals surface area contributed by atoms with Crippen LogP contribution in [0.1, 0.15) is 31.9 Å². The molecular weight excluding hydrogens is 202 g/mol. The van der Waals surface area contributed by atoms with Crippen LogP contribution in [0.3, 0.4) is 0 Å². The molecule has 2 rings (SSSR count). The molecule has 0 amide bonds. The highest BCUT2D eigenvalue weighted by molar-refractivity contribution is 5.08. The summed E-state index contributed by atoms with van der Waals surface area (Å²) < 4.78 is 5.58. The molecule has 0 saturated heterocycles. The van der Waals surface area contributed by atoms with Crippen molar-refractivity contribution in [3.63, 3.8) is 0 Å². The van der Waals surface area contributed by atoms with Crippen molar-refractivity contribution >= 4 is 0 Å². The van der Waals surface area contributed by atoms with Gasteiger partial charge in [-0.2, -0.15) is 0 Å². The minimum atomic E-state index is 0.649. The van der Waals surface area contributed by atoms with Crippen LogP contribution in [-0.2, 0) is 6.54 Å². The maximum atomic E-state index is 5.58.